The van der Waals surface area contributed by atoms with Crippen LogP contribution in [0, 0.1) is 5.92 Å². The molecule has 2 heterocycles. The lowest BCUT2D eigenvalue weighted by atomic mass is 9.93. The molecule has 1 saturated heterocycles. The minimum atomic E-state index is 0.117. The van der Waals surface area contributed by atoms with Crippen molar-refractivity contribution in [3.63, 3.8) is 0 Å². The van der Waals surface area contributed by atoms with E-state index in [1.54, 1.807) is 14.1 Å². The first kappa shape index (κ1) is 19.6. The maximum Gasteiger partial charge on any atom is 0.220 e. The average molecular weight is 395 g/mol. The van der Waals surface area contributed by atoms with Crippen molar-refractivity contribution in [3.05, 3.63) is 22.7 Å². The maximum atomic E-state index is 11.5. The van der Waals surface area contributed by atoms with Crippen molar-refractivity contribution in [1.82, 2.24) is 15.5 Å². The zero-order chi connectivity index (χ0) is 19.2. The molecule has 0 radical (unpaired) electrons. The van der Waals surface area contributed by atoms with E-state index in [0.717, 1.165) is 37.5 Å². The highest BCUT2D eigenvalue weighted by Gasteiger charge is 2.23. The van der Waals surface area contributed by atoms with Gasteiger partial charge >= 0.3 is 0 Å². The Kier molecular flexibility index (Phi) is 6.66. The Balaban J connectivity index is 1.54. The third-order valence-electron chi connectivity index (χ3n) is 4.99. The SMILES string of the molecule is CN=C(NCc1cc(Cl)c2c(c1)OCCO2)N1CCC(CC(=O)NC)CC1. The fourth-order valence-corrected chi connectivity index (χ4v) is 3.78. The van der Waals surface area contributed by atoms with Gasteiger partial charge in [-0.25, -0.2) is 0 Å². The van der Waals surface area contributed by atoms with Crippen LogP contribution in [0.5, 0.6) is 11.5 Å². The molecular formula is C19H27ClN4O3. The Morgan fingerprint density at radius 3 is 2.74 bits per heavy atom. The van der Waals surface area contributed by atoms with Crippen molar-refractivity contribution in [2.75, 3.05) is 40.4 Å². The van der Waals surface area contributed by atoms with Crippen molar-refractivity contribution < 1.29 is 14.3 Å². The molecule has 1 amide bonds. The first-order valence-electron chi connectivity index (χ1n) is 9.35. The van der Waals surface area contributed by atoms with Gasteiger partial charge < -0.3 is 25.0 Å². The molecule has 0 aliphatic carbocycles. The number of halogens is 1. The van der Waals surface area contributed by atoms with Gasteiger partial charge in [0.25, 0.3) is 0 Å². The summed E-state index contributed by atoms with van der Waals surface area (Å²) >= 11 is 6.31. The van der Waals surface area contributed by atoms with Gasteiger partial charge in [0.2, 0.25) is 5.91 Å². The van der Waals surface area contributed by atoms with Crippen molar-refractivity contribution in [1.29, 1.82) is 0 Å². The fourth-order valence-electron chi connectivity index (χ4n) is 3.49. The quantitative estimate of drug-likeness (QED) is 0.603. The Morgan fingerprint density at radius 1 is 1.30 bits per heavy atom. The number of hydrogen-bond donors (Lipinski definition) is 2. The van der Waals surface area contributed by atoms with E-state index >= 15 is 0 Å². The van der Waals surface area contributed by atoms with Gasteiger partial charge in [-0.05, 0) is 36.5 Å². The Bertz CT molecular complexity index is 702. The summed E-state index contributed by atoms with van der Waals surface area (Å²) in [5.41, 5.74) is 1.01. The third-order valence-corrected chi connectivity index (χ3v) is 5.27. The molecule has 0 spiro atoms. The van der Waals surface area contributed by atoms with Crippen LogP contribution in [0.1, 0.15) is 24.8 Å². The highest BCUT2D eigenvalue weighted by Crippen LogP contribution is 2.38. The van der Waals surface area contributed by atoms with E-state index in [1.165, 1.54) is 0 Å². The highest BCUT2D eigenvalue weighted by atomic mass is 35.5. The van der Waals surface area contributed by atoms with Gasteiger partial charge in [0.15, 0.2) is 17.5 Å². The van der Waals surface area contributed by atoms with E-state index in [-0.39, 0.29) is 5.91 Å². The van der Waals surface area contributed by atoms with Crippen LogP contribution in [-0.4, -0.2) is 57.2 Å². The number of carbonyl (C=O) groups excluding carboxylic acids is 1. The number of amides is 1. The number of piperidine rings is 1. The second kappa shape index (κ2) is 9.17. The Labute approximate surface area is 165 Å². The summed E-state index contributed by atoms with van der Waals surface area (Å²) in [6, 6.07) is 3.85. The van der Waals surface area contributed by atoms with Gasteiger partial charge in [0, 0.05) is 40.2 Å². The van der Waals surface area contributed by atoms with Gasteiger partial charge in [-0.3, -0.25) is 9.79 Å². The second-order valence-corrected chi connectivity index (χ2v) is 7.22. The molecule has 1 aromatic carbocycles. The van der Waals surface area contributed by atoms with Gasteiger partial charge in [0.05, 0.1) is 5.02 Å². The number of benzene rings is 1. The number of carbonyl (C=O) groups is 1. The van der Waals surface area contributed by atoms with Crippen molar-refractivity contribution in [2.45, 2.75) is 25.8 Å². The molecule has 2 aliphatic heterocycles. The zero-order valence-corrected chi connectivity index (χ0v) is 16.6. The number of hydrogen-bond acceptors (Lipinski definition) is 4. The molecule has 7 nitrogen and oxygen atoms in total. The lowest BCUT2D eigenvalue weighted by Gasteiger charge is -2.34. The summed E-state index contributed by atoms with van der Waals surface area (Å²) in [5.74, 6) is 2.73. The number of fused-ring (bicyclic) bond motifs is 1. The second-order valence-electron chi connectivity index (χ2n) is 6.81. The van der Waals surface area contributed by atoms with Crippen molar-refractivity contribution >= 4 is 23.5 Å². The molecule has 27 heavy (non-hydrogen) atoms. The molecule has 0 atom stereocenters. The van der Waals surface area contributed by atoms with Crippen LogP contribution < -0.4 is 20.1 Å². The lowest BCUT2D eigenvalue weighted by Crippen LogP contribution is -2.45. The number of ether oxygens (including phenoxy) is 2. The molecule has 148 valence electrons. The molecule has 2 N–H and O–H groups in total. The van der Waals surface area contributed by atoms with E-state index in [1.807, 2.05) is 12.1 Å². The van der Waals surface area contributed by atoms with Gasteiger partial charge in [-0.1, -0.05) is 11.6 Å². The molecule has 0 bridgehead atoms. The molecule has 1 aromatic rings. The van der Waals surface area contributed by atoms with Crippen LogP contribution in [0.15, 0.2) is 17.1 Å². The maximum absolute atomic E-state index is 11.5. The average Bonchev–Trinajstić information content (AvgIpc) is 2.69. The topological polar surface area (TPSA) is 75.2 Å². The van der Waals surface area contributed by atoms with E-state index in [0.29, 0.717) is 48.6 Å². The summed E-state index contributed by atoms with van der Waals surface area (Å²) < 4.78 is 11.2. The highest BCUT2D eigenvalue weighted by molar-refractivity contribution is 6.32. The van der Waals surface area contributed by atoms with Crippen LogP contribution in [0.25, 0.3) is 0 Å². The van der Waals surface area contributed by atoms with Crippen molar-refractivity contribution in [3.8, 4) is 11.5 Å². The minimum absolute atomic E-state index is 0.117. The fraction of sp³-hybridized carbons (Fsp3) is 0.579. The van der Waals surface area contributed by atoms with E-state index in [9.17, 15) is 4.79 Å². The summed E-state index contributed by atoms with van der Waals surface area (Å²) in [5, 5.41) is 6.67. The summed E-state index contributed by atoms with van der Waals surface area (Å²) in [4.78, 5) is 18.2. The van der Waals surface area contributed by atoms with Gasteiger partial charge in [-0.15, -0.1) is 0 Å². The molecule has 0 saturated carbocycles. The number of nitrogens with one attached hydrogen (secondary N) is 2. The van der Waals surface area contributed by atoms with E-state index in [2.05, 4.69) is 20.5 Å². The van der Waals surface area contributed by atoms with Crippen LogP contribution in [0.2, 0.25) is 5.02 Å². The van der Waals surface area contributed by atoms with E-state index in [4.69, 9.17) is 21.1 Å². The standard InChI is InChI=1S/C19H27ClN4O3/c1-21-17(25)11-13-3-5-24(6-4-13)19(22-2)23-12-14-9-15(20)18-16(10-14)26-7-8-27-18/h9-10,13H,3-8,11-12H2,1-2H3,(H,21,25)(H,22,23). The predicted octanol–water partition coefficient (Wildman–Crippen LogP) is 2.03. The Morgan fingerprint density at radius 2 is 2.04 bits per heavy atom. The minimum Gasteiger partial charge on any atom is -0.486 e. The molecule has 8 heteroatoms. The van der Waals surface area contributed by atoms with Crippen LogP contribution >= 0.6 is 11.6 Å². The normalized spacial score (nSPS) is 17.6. The van der Waals surface area contributed by atoms with Crippen molar-refractivity contribution in [2.24, 2.45) is 10.9 Å². The molecule has 3 rings (SSSR count). The molecule has 1 fully saturated rings. The smallest absolute Gasteiger partial charge is 0.220 e. The number of guanidine groups is 1. The van der Waals surface area contributed by atoms with Crippen LogP contribution in [0.3, 0.4) is 0 Å². The summed E-state index contributed by atoms with van der Waals surface area (Å²) in [6.45, 7) is 3.44. The first-order valence-corrected chi connectivity index (χ1v) is 9.72. The monoisotopic (exact) mass is 394 g/mol. The van der Waals surface area contributed by atoms with Gasteiger partial charge in [0.1, 0.15) is 13.2 Å². The molecule has 0 aromatic heterocycles. The Hall–Kier alpha value is -2.15. The first-order chi connectivity index (χ1) is 13.1. The lowest BCUT2D eigenvalue weighted by molar-refractivity contribution is -0.121. The molecule has 0 unspecified atom stereocenters. The number of aliphatic imine (C=N–C) groups is 1. The molecular weight excluding hydrogens is 368 g/mol. The van der Waals surface area contributed by atoms with Crippen LogP contribution in [0.4, 0.5) is 0 Å². The number of nitrogens with zero attached hydrogens (tertiary/aromatic N) is 2. The number of likely N-dealkylation sites (tertiary alicyclic amines) is 1. The van der Waals surface area contributed by atoms with E-state index < -0.39 is 0 Å². The summed E-state index contributed by atoms with van der Waals surface area (Å²) in [7, 11) is 3.48. The van der Waals surface area contributed by atoms with Gasteiger partial charge in [-0.2, -0.15) is 0 Å². The summed E-state index contributed by atoms with van der Waals surface area (Å²) in [6.07, 6.45) is 2.58. The molecule has 2 aliphatic rings. The third kappa shape index (κ3) is 4.97. The van der Waals surface area contributed by atoms with Crippen LogP contribution in [-0.2, 0) is 11.3 Å². The largest absolute Gasteiger partial charge is 0.486 e. The zero-order valence-electron chi connectivity index (χ0n) is 15.9. The number of rotatable bonds is 4. The predicted molar refractivity (Wildman–Crippen MR) is 106 cm³/mol.